The molecule has 0 saturated carbocycles. The highest BCUT2D eigenvalue weighted by atomic mass is 16.5. The fourth-order valence-corrected chi connectivity index (χ4v) is 1.01. The summed E-state index contributed by atoms with van der Waals surface area (Å²) in [6, 6.07) is -0.829. The van der Waals surface area contributed by atoms with Gasteiger partial charge in [-0.2, -0.15) is 0 Å². The summed E-state index contributed by atoms with van der Waals surface area (Å²) in [7, 11) is 0. The van der Waals surface area contributed by atoms with Gasteiger partial charge in [-0.25, -0.2) is 4.79 Å². The molecule has 0 heterocycles. The highest BCUT2D eigenvalue weighted by Gasteiger charge is 2.10. The van der Waals surface area contributed by atoms with Crippen LogP contribution >= 0.6 is 0 Å². The van der Waals surface area contributed by atoms with E-state index in [0.717, 1.165) is 0 Å². The molecule has 0 aromatic heterocycles. The van der Waals surface area contributed by atoms with Gasteiger partial charge in [0.25, 0.3) is 0 Å². The second kappa shape index (κ2) is 8.93. The first-order valence-electron chi connectivity index (χ1n) is 5.17. The summed E-state index contributed by atoms with van der Waals surface area (Å²) < 4.78 is 4.66. The number of ether oxygens (including phenoxy) is 1. The Balaban J connectivity index is 3.33. The largest absolute Gasteiger partial charge is 0.480 e. The van der Waals surface area contributed by atoms with Crippen molar-refractivity contribution in [3.8, 4) is 0 Å². The van der Waals surface area contributed by atoms with E-state index >= 15 is 0 Å². The van der Waals surface area contributed by atoms with E-state index in [9.17, 15) is 9.59 Å². The molecule has 94 valence electrons. The number of nitrogens with two attached hydrogens (primary N) is 2. The first-order chi connectivity index (χ1) is 7.57. The lowest BCUT2D eigenvalue weighted by Crippen LogP contribution is -2.30. The zero-order valence-corrected chi connectivity index (χ0v) is 9.15. The molecule has 0 radical (unpaired) electrons. The van der Waals surface area contributed by atoms with Gasteiger partial charge in [0.2, 0.25) is 0 Å². The molecule has 0 aliphatic carbocycles. The fourth-order valence-electron chi connectivity index (χ4n) is 1.01. The Labute approximate surface area is 94.1 Å². The number of carboxylic acid groups (broad SMARTS) is 1. The van der Waals surface area contributed by atoms with E-state index in [1.165, 1.54) is 0 Å². The van der Waals surface area contributed by atoms with Crippen molar-refractivity contribution < 1.29 is 19.4 Å². The number of carbonyl (C=O) groups excluding carboxylic acids is 1. The minimum absolute atomic E-state index is 0.190. The van der Waals surface area contributed by atoms with Gasteiger partial charge in [0.15, 0.2) is 0 Å². The standard InChI is InChI=1S/C9H19N3O4/c10-4-6-16-9(15)12-5-2-1-3-7(11)8(13)14/h7H,1-6,10-11H2,(H,12,15)(H,13,14). The van der Waals surface area contributed by atoms with Crippen LogP contribution < -0.4 is 16.8 Å². The van der Waals surface area contributed by atoms with Gasteiger partial charge >= 0.3 is 12.1 Å². The molecule has 1 atom stereocenters. The Morgan fingerprint density at radius 3 is 2.62 bits per heavy atom. The summed E-state index contributed by atoms with van der Waals surface area (Å²) in [6.45, 7) is 0.923. The van der Waals surface area contributed by atoms with Crippen molar-refractivity contribution in [3.05, 3.63) is 0 Å². The third kappa shape index (κ3) is 8.01. The van der Waals surface area contributed by atoms with Crippen LogP contribution in [0.5, 0.6) is 0 Å². The van der Waals surface area contributed by atoms with Gasteiger partial charge in [-0.3, -0.25) is 4.79 Å². The van der Waals surface area contributed by atoms with Crippen molar-refractivity contribution in [1.82, 2.24) is 5.32 Å². The number of amides is 1. The van der Waals surface area contributed by atoms with Crippen LogP contribution in [0, 0.1) is 0 Å². The SMILES string of the molecule is NCCOC(=O)NCCCCC(N)C(=O)O. The Kier molecular flexibility index (Phi) is 8.18. The Bertz CT molecular complexity index is 223. The van der Waals surface area contributed by atoms with E-state index in [4.69, 9.17) is 16.6 Å². The minimum Gasteiger partial charge on any atom is -0.480 e. The summed E-state index contributed by atoms with van der Waals surface area (Å²) in [5, 5.41) is 11.0. The number of hydrogen-bond donors (Lipinski definition) is 4. The van der Waals surface area contributed by atoms with E-state index in [0.29, 0.717) is 32.4 Å². The lowest BCUT2D eigenvalue weighted by molar-refractivity contribution is -0.138. The zero-order chi connectivity index (χ0) is 12.4. The van der Waals surface area contributed by atoms with Crippen LogP contribution in [0.1, 0.15) is 19.3 Å². The number of carboxylic acids is 1. The molecule has 1 unspecified atom stereocenters. The number of hydrogen-bond acceptors (Lipinski definition) is 5. The van der Waals surface area contributed by atoms with Gasteiger partial charge in [-0.15, -0.1) is 0 Å². The molecule has 7 heteroatoms. The normalized spacial score (nSPS) is 11.9. The maximum Gasteiger partial charge on any atom is 0.407 e. The van der Waals surface area contributed by atoms with Crippen molar-refractivity contribution >= 4 is 12.1 Å². The number of carbonyl (C=O) groups is 2. The van der Waals surface area contributed by atoms with E-state index in [-0.39, 0.29) is 6.61 Å². The molecule has 0 saturated heterocycles. The summed E-state index contributed by atoms with van der Waals surface area (Å²) in [5.41, 5.74) is 10.4. The van der Waals surface area contributed by atoms with Gasteiger partial charge in [-0.05, 0) is 19.3 Å². The summed E-state index contributed by atoms with van der Waals surface area (Å²) in [6.07, 6.45) is 1.20. The van der Waals surface area contributed by atoms with Crippen LogP contribution in [0.4, 0.5) is 4.79 Å². The number of rotatable bonds is 8. The van der Waals surface area contributed by atoms with Crippen LogP contribution in [0.15, 0.2) is 0 Å². The van der Waals surface area contributed by atoms with Gasteiger partial charge < -0.3 is 26.6 Å². The number of nitrogens with one attached hydrogen (secondary N) is 1. The summed E-state index contributed by atoms with van der Waals surface area (Å²) >= 11 is 0. The van der Waals surface area contributed by atoms with E-state index in [1.807, 2.05) is 0 Å². The molecule has 1 amide bonds. The monoisotopic (exact) mass is 233 g/mol. The highest BCUT2D eigenvalue weighted by Crippen LogP contribution is 1.98. The molecule has 0 rings (SSSR count). The quantitative estimate of drug-likeness (QED) is 0.408. The smallest absolute Gasteiger partial charge is 0.407 e. The van der Waals surface area contributed by atoms with Crippen molar-refractivity contribution in [1.29, 1.82) is 0 Å². The molecule has 0 bridgehead atoms. The first kappa shape index (κ1) is 14.7. The van der Waals surface area contributed by atoms with Crippen LogP contribution in [0.25, 0.3) is 0 Å². The molecule has 0 aromatic rings. The van der Waals surface area contributed by atoms with Crippen LogP contribution in [-0.2, 0) is 9.53 Å². The Morgan fingerprint density at radius 1 is 1.38 bits per heavy atom. The van der Waals surface area contributed by atoms with Crippen molar-refractivity contribution in [3.63, 3.8) is 0 Å². The second-order valence-electron chi connectivity index (χ2n) is 3.29. The number of alkyl carbamates (subject to hydrolysis) is 1. The van der Waals surface area contributed by atoms with E-state index < -0.39 is 18.1 Å². The molecular weight excluding hydrogens is 214 g/mol. The van der Waals surface area contributed by atoms with E-state index in [1.54, 1.807) is 0 Å². The average molecular weight is 233 g/mol. The van der Waals surface area contributed by atoms with Crippen LogP contribution in [-0.4, -0.2) is 42.9 Å². The van der Waals surface area contributed by atoms with Gasteiger partial charge in [0, 0.05) is 13.1 Å². The van der Waals surface area contributed by atoms with Crippen LogP contribution in [0.2, 0.25) is 0 Å². The molecule has 16 heavy (non-hydrogen) atoms. The Morgan fingerprint density at radius 2 is 2.06 bits per heavy atom. The van der Waals surface area contributed by atoms with Gasteiger partial charge in [0.1, 0.15) is 12.6 Å². The van der Waals surface area contributed by atoms with Crippen molar-refractivity contribution in [2.45, 2.75) is 25.3 Å². The minimum atomic E-state index is -1.00. The lowest BCUT2D eigenvalue weighted by Gasteiger charge is -2.07. The predicted octanol–water partition coefficient (Wildman–Crippen LogP) is -0.746. The second-order valence-corrected chi connectivity index (χ2v) is 3.29. The molecule has 0 spiro atoms. The predicted molar refractivity (Wildman–Crippen MR) is 57.9 cm³/mol. The average Bonchev–Trinajstić information content (AvgIpc) is 2.25. The molecule has 0 aromatic carbocycles. The lowest BCUT2D eigenvalue weighted by atomic mass is 10.1. The highest BCUT2D eigenvalue weighted by molar-refractivity contribution is 5.72. The van der Waals surface area contributed by atoms with Crippen molar-refractivity contribution in [2.24, 2.45) is 11.5 Å². The molecular formula is C9H19N3O4. The maximum absolute atomic E-state index is 10.9. The van der Waals surface area contributed by atoms with E-state index in [2.05, 4.69) is 10.1 Å². The molecule has 7 nitrogen and oxygen atoms in total. The molecule has 0 fully saturated rings. The summed E-state index contributed by atoms with van der Waals surface area (Å²) in [4.78, 5) is 21.3. The maximum atomic E-state index is 10.9. The molecule has 6 N–H and O–H groups in total. The number of unbranched alkanes of at least 4 members (excludes halogenated alkanes) is 1. The number of aliphatic carboxylic acids is 1. The summed E-state index contributed by atoms with van der Waals surface area (Å²) in [5.74, 6) is -1.00. The van der Waals surface area contributed by atoms with Crippen LogP contribution in [0.3, 0.4) is 0 Å². The van der Waals surface area contributed by atoms with Gasteiger partial charge in [-0.1, -0.05) is 0 Å². The first-order valence-corrected chi connectivity index (χ1v) is 5.17. The van der Waals surface area contributed by atoms with Gasteiger partial charge in [0.05, 0.1) is 0 Å². The third-order valence-electron chi connectivity index (χ3n) is 1.88. The molecule has 0 aliphatic heterocycles. The Hall–Kier alpha value is -1.34. The third-order valence-corrected chi connectivity index (χ3v) is 1.88. The molecule has 0 aliphatic rings. The van der Waals surface area contributed by atoms with Crippen molar-refractivity contribution in [2.75, 3.05) is 19.7 Å². The zero-order valence-electron chi connectivity index (χ0n) is 9.15. The fraction of sp³-hybridized carbons (Fsp3) is 0.778. The topological polar surface area (TPSA) is 128 Å².